The molecule has 0 aliphatic carbocycles. The third-order valence-corrected chi connectivity index (χ3v) is 5.34. The Morgan fingerprint density at radius 3 is 2.64 bits per heavy atom. The van der Waals surface area contributed by atoms with Gasteiger partial charge in [-0.05, 0) is 24.3 Å². The zero-order valence-electron chi connectivity index (χ0n) is 17.6. The lowest BCUT2D eigenvalue weighted by molar-refractivity contribution is 0.280. The van der Waals surface area contributed by atoms with Crippen molar-refractivity contribution in [3.63, 3.8) is 0 Å². The number of rotatable bonds is 5. The van der Waals surface area contributed by atoms with E-state index < -0.39 is 12.2 Å². The zero-order chi connectivity index (χ0) is 22.9. The first-order chi connectivity index (χ1) is 16.1. The van der Waals surface area contributed by atoms with Crippen LogP contribution >= 0.6 is 0 Å². The monoisotopic (exact) mass is 441 g/mol. The number of hydrogen-bond acceptors (Lipinski definition) is 7. The maximum absolute atomic E-state index is 12.9. The summed E-state index contributed by atoms with van der Waals surface area (Å²) in [6.45, 7) is -0.505. The largest absolute Gasteiger partial charge is 0.493 e. The van der Waals surface area contributed by atoms with E-state index >= 15 is 0 Å². The van der Waals surface area contributed by atoms with E-state index in [9.17, 15) is 14.7 Å². The van der Waals surface area contributed by atoms with Crippen molar-refractivity contribution < 1.29 is 14.3 Å². The molecule has 8 heteroatoms. The minimum Gasteiger partial charge on any atom is -0.493 e. The van der Waals surface area contributed by atoms with Crippen molar-refractivity contribution in [2.24, 2.45) is 0 Å². The molecule has 164 valence electrons. The van der Waals surface area contributed by atoms with E-state index in [0.717, 1.165) is 5.56 Å². The summed E-state index contributed by atoms with van der Waals surface area (Å²) < 4.78 is 12.6. The van der Waals surface area contributed by atoms with Gasteiger partial charge in [0.25, 0.3) is 5.56 Å². The number of aliphatic hydroxyl groups is 1. The molecular formula is C25H19N3O5. The summed E-state index contributed by atoms with van der Waals surface area (Å²) in [6.07, 6.45) is 1.56. The molecule has 0 radical (unpaired) electrons. The molecule has 3 heterocycles. The van der Waals surface area contributed by atoms with Crippen molar-refractivity contribution in [2.75, 3.05) is 12.4 Å². The summed E-state index contributed by atoms with van der Waals surface area (Å²) >= 11 is 0. The molecule has 5 aromatic rings. The van der Waals surface area contributed by atoms with Crippen molar-refractivity contribution in [3.05, 3.63) is 99.1 Å². The van der Waals surface area contributed by atoms with Crippen LogP contribution in [0.3, 0.4) is 0 Å². The number of fused-ring (bicyclic) bond motifs is 2. The average Bonchev–Trinajstić information content (AvgIpc) is 2.84. The Hall–Kier alpha value is -4.43. The molecule has 0 unspecified atom stereocenters. The van der Waals surface area contributed by atoms with E-state index in [1.807, 2.05) is 30.3 Å². The molecule has 2 aromatic carbocycles. The Morgan fingerprint density at radius 1 is 1.06 bits per heavy atom. The van der Waals surface area contributed by atoms with Gasteiger partial charge in [0.2, 0.25) is 0 Å². The predicted molar refractivity (Wildman–Crippen MR) is 125 cm³/mol. The van der Waals surface area contributed by atoms with E-state index in [1.165, 1.54) is 17.6 Å². The van der Waals surface area contributed by atoms with Gasteiger partial charge in [-0.15, -0.1) is 0 Å². The molecule has 0 aliphatic rings. The fourth-order valence-electron chi connectivity index (χ4n) is 3.69. The summed E-state index contributed by atoms with van der Waals surface area (Å²) in [5.41, 5.74) is 1.54. The van der Waals surface area contributed by atoms with Crippen molar-refractivity contribution >= 4 is 28.1 Å². The van der Waals surface area contributed by atoms with E-state index in [2.05, 4.69) is 10.3 Å². The molecule has 0 saturated carbocycles. The summed E-state index contributed by atoms with van der Waals surface area (Å²) in [5, 5.41) is 13.4. The number of nitrogens with one attached hydrogen (secondary N) is 1. The van der Waals surface area contributed by atoms with Crippen LogP contribution in [0, 0.1) is 0 Å². The number of hydrogen-bond donors (Lipinski definition) is 2. The highest BCUT2D eigenvalue weighted by Gasteiger charge is 2.15. The first kappa shape index (κ1) is 20.5. The molecule has 33 heavy (non-hydrogen) atoms. The Bertz CT molecular complexity index is 1610. The Balaban J connectivity index is 1.63. The number of benzene rings is 2. The van der Waals surface area contributed by atoms with Crippen LogP contribution in [0.1, 0.15) is 5.56 Å². The number of aliphatic hydroxyl groups excluding tert-OH is 1. The molecule has 3 aromatic heterocycles. The first-order valence-electron chi connectivity index (χ1n) is 10.2. The van der Waals surface area contributed by atoms with E-state index in [4.69, 9.17) is 9.15 Å². The summed E-state index contributed by atoms with van der Waals surface area (Å²) in [4.78, 5) is 30.0. The van der Waals surface area contributed by atoms with E-state index in [0.29, 0.717) is 33.8 Å². The maximum Gasteiger partial charge on any atom is 0.265 e. The van der Waals surface area contributed by atoms with Gasteiger partial charge in [-0.25, -0.2) is 4.98 Å². The van der Waals surface area contributed by atoms with Gasteiger partial charge in [0.05, 0.1) is 24.7 Å². The highest BCUT2D eigenvalue weighted by Crippen LogP contribution is 2.26. The van der Waals surface area contributed by atoms with Gasteiger partial charge in [-0.2, -0.15) is 0 Å². The highest BCUT2D eigenvalue weighted by molar-refractivity contribution is 5.83. The topological polar surface area (TPSA) is 106 Å². The van der Waals surface area contributed by atoms with Crippen LogP contribution in [0.4, 0.5) is 11.5 Å². The number of ether oxygens (including phenoxy) is 1. The van der Waals surface area contributed by atoms with Crippen LogP contribution in [-0.4, -0.2) is 21.6 Å². The first-order valence-corrected chi connectivity index (χ1v) is 10.2. The van der Waals surface area contributed by atoms with E-state index in [1.54, 1.807) is 36.5 Å². The molecular weight excluding hydrogens is 422 g/mol. The molecule has 0 bridgehead atoms. The molecule has 5 rings (SSSR count). The van der Waals surface area contributed by atoms with Gasteiger partial charge in [-0.1, -0.05) is 30.3 Å². The van der Waals surface area contributed by atoms with Crippen molar-refractivity contribution in [3.8, 4) is 17.1 Å². The summed E-state index contributed by atoms with van der Waals surface area (Å²) in [5.74, 6) is 1.06. The molecule has 0 aliphatic heterocycles. The molecule has 0 saturated heterocycles. The molecule has 0 amide bonds. The average molecular weight is 441 g/mol. The highest BCUT2D eigenvalue weighted by atomic mass is 16.5. The summed E-state index contributed by atoms with van der Waals surface area (Å²) in [7, 11) is 1.49. The molecule has 0 atom stereocenters. The van der Waals surface area contributed by atoms with Crippen LogP contribution in [0.25, 0.3) is 27.9 Å². The number of nitrogens with zero attached hydrogens (tertiary/aromatic N) is 2. The minimum atomic E-state index is -0.505. The molecule has 8 nitrogen and oxygen atoms in total. The van der Waals surface area contributed by atoms with Crippen LogP contribution in [0.15, 0.2) is 86.9 Å². The Labute approximate surface area is 187 Å². The Kier molecular flexibility index (Phi) is 5.12. The van der Waals surface area contributed by atoms with Crippen LogP contribution in [-0.2, 0) is 6.61 Å². The van der Waals surface area contributed by atoms with Gasteiger partial charge in [0.1, 0.15) is 17.2 Å². The van der Waals surface area contributed by atoms with Gasteiger partial charge in [0.15, 0.2) is 16.8 Å². The van der Waals surface area contributed by atoms with Gasteiger partial charge in [-0.3, -0.25) is 14.0 Å². The molecule has 2 N–H and O–H groups in total. The van der Waals surface area contributed by atoms with E-state index in [-0.39, 0.29) is 16.8 Å². The number of methoxy groups -OCH3 is 1. The zero-order valence-corrected chi connectivity index (χ0v) is 17.6. The number of anilines is 2. The third kappa shape index (κ3) is 3.62. The molecule has 0 fully saturated rings. The fraction of sp³-hybridized carbons (Fsp3) is 0.0800. The quantitative estimate of drug-likeness (QED) is 0.428. The minimum absolute atomic E-state index is 0.0975. The van der Waals surface area contributed by atoms with Crippen LogP contribution in [0.5, 0.6) is 5.75 Å². The lowest BCUT2D eigenvalue weighted by atomic mass is 10.1. The third-order valence-electron chi connectivity index (χ3n) is 5.34. The van der Waals surface area contributed by atoms with Crippen molar-refractivity contribution in [1.82, 2.24) is 9.38 Å². The fourth-order valence-corrected chi connectivity index (χ4v) is 3.69. The Morgan fingerprint density at radius 2 is 1.88 bits per heavy atom. The van der Waals surface area contributed by atoms with Crippen molar-refractivity contribution in [1.29, 1.82) is 0 Å². The lowest BCUT2D eigenvalue weighted by Gasteiger charge is -2.13. The normalized spacial score (nSPS) is 11.1. The number of aromatic nitrogens is 2. The number of pyridine rings is 1. The lowest BCUT2D eigenvalue weighted by Crippen LogP contribution is -2.22. The van der Waals surface area contributed by atoms with Crippen molar-refractivity contribution in [2.45, 2.75) is 6.61 Å². The second kappa shape index (κ2) is 8.25. The molecule has 0 spiro atoms. The van der Waals surface area contributed by atoms with Crippen LogP contribution in [0.2, 0.25) is 0 Å². The van der Waals surface area contributed by atoms with Gasteiger partial charge >= 0.3 is 0 Å². The second-order valence-electron chi connectivity index (χ2n) is 7.35. The van der Waals surface area contributed by atoms with Crippen LogP contribution < -0.4 is 21.0 Å². The second-order valence-corrected chi connectivity index (χ2v) is 7.35. The summed E-state index contributed by atoms with van der Waals surface area (Å²) in [6, 6.07) is 19.2. The smallest absolute Gasteiger partial charge is 0.265 e. The van der Waals surface area contributed by atoms with Gasteiger partial charge < -0.3 is 19.6 Å². The maximum atomic E-state index is 12.9. The predicted octanol–water partition coefficient (Wildman–Crippen LogP) is 3.71. The SMILES string of the molecule is COc1cccn2c(=O)c(CO)c(Nc3ccc4c(=O)cc(-c5ccccc5)oc4c3)nc12. The standard InChI is InChI=1S/C25H19N3O5/c1-32-20-8-5-11-28-24(20)27-23(18(14-29)25(28)31)26-16-9-10-17-19(30)13-21(33-22(17)12-16)15-6-3-2-4-7-15/h2-13,26,29H,14H2,1H3. The van der Waals surface area contributed by atoms with Gasteiger partial charge in [0, 0.05) is 29.6 Å².